The number of pyridine rings is 1. The van der Waals surface area contributed by atoms with E-state index in [0.717, 1.165) is 32.9 Å². The van der Waals surface area contributed by atoms with Crippen molar-refractivity contribution in [2.45, 2.75) is 26.8 Å². The summed E-state index contributed by atoms with van der Waals surface area (Å²) in [4.78, 5) is 19.4. The number of rotatable bonds is 3. The van der Waals surface area contributed by atoms with Gasteiger partial charge in [-0.25, -0.2) is 0 Å². The first-order valence-electron chi connectivity index (χ1n) is 8.50. The molecule has 3 aromatic rings. The number of amides is 1. The number of aromatic amines is 1. The maximum Gasteiger partial charge on any atom is 0.224 e. The van der Waals surface area contributed by atoms with Crippen molar-refractivity contribution < 1.29 is 4.79 Å². The number of carbonyl (C=O) groups excluding carboxylic acids is 1. The van der Waals surface area contributed by atoms with Crippen molar-refractivity contribution in [1.82, 2.24) is 19.7 Å². The molecule has 4 rings (SSSR count). The van der Waals surface area contributed by atoms with E-state index >= 15 is 0 Å². The molecule has 3 N–H and O–H groups in total. The number of primary amides is 1. The van der Waals surface area contributed by atoms with Gasteiger partial charge in [-0.05, 0) is 26.3 Å². The molecule has 1 aliphatic carbocycles. The summed E-state index contributed by atoms with van der Waals surface area (Å²) in [6.07, 6.45) is 6.11. The molecule has 1 aliphatic rings. The number of hydrogen-bond acceptors (Lipinski definition) is 4. The van der Waals surface area contributed by atoms with Gasteiger partial charge >= 0.3 is 0 Å². The summed E-state index contributed by atoms with van der Waals surface area (Å²) in [5.74, 6) is -0.690. The molecule has 0 fully saturated rings. The third-order valence-corrected chi connectivity index (χ3v) is 4.78. The predicted octanol–water partition coefficient (Wildman–Crippen LogP) is 0.693. The Kier molecular flexibility index (Phi) is 3.62. The molecule has 130 valence electrons. The quantitative estimate of drug-likeness (QED) is 0.726. The van der Waals surface area contributed by atoms with Crippen LogP contribution in [-0.4, -0.2) is 25.7 Å². The fourth-order valence-corrected chi connectivity index (χ4v) is 3.53. The summed E-state index contributed by atoms with van der Waals surface area (Å²) in [6.45, 7) is 4.61. The number of aryl methyl sites for hydroxylation is 2. The number of hydrogen-bond donors (Lipinski definition) is 2. The van der Waals surface area contributed by atoms with Crippen LogP contribution in [0.25, 0.3) is 34.4 Å². The summed E-state index contributed by atoms with van der Waals surface area (Å²) >= 11 is 0. The molecule has 26 heavy (non-hydrogen) atoms. The van der Waals surface area contributed by atoms with Gasteiger partial charge in [0.05, 0.1) is 22.8 Å². The van der Waals surface area contributed by atoms with E-state index < -0.39 is 0 Å². The normalized spacial score (nSPS) is 15.8. The molecule has 0 aromatic carbocycles. The highest BCUT2D eigenvalue weighted by Gasteiger charge is 2.20. The van der Waals surface area contributed by atoms with Gasteiger partial charge in [-0.2, -0.15) is 10.4 Å². The van der Waals surface area contributed by atoms with Crippen LogP contribution in [0.2, 0.25) is 0 Å². The number of fused-ring (bicyclic) bond motifs is 3. The Hall–Kier alpha value is -3.40. The van der Waals surface area contributed by atoms with Gasteiger partial charge in [-0.3, -0.25) is 14.5 Å². The van der Waals surface area contributed by atoms with E-state index in [1.54, 1.807) is 6.20 Å². The molecule has 0 bridgehead atoms. The van der Waals surface area contributed by atoms with Gasteiger partial charge in [0.2, 0.25) is 5.91 Å². The Morgan fingerprint density at radius 2 is 2.35 bits per heavy atom. The van der Waals surface area contributed by atoms with Crippen molar-refractivity contribution in [3.05, 3.63) is 34.1 Å². The van der Waals surface area contributed by atoms with Crippen LogP contribution >= 0.6 is 0 Å². The molecule has 3 aromatic heterocycles. The molecule has 1 atom stereocenters. The van der Waals surface area contributed by atoms with Gasteiger partial charge in [0, 0.05) is 28.7 Å². The number of nitrogens with one attached hydrogen (secondary N) is 1. The zero-order valence-electron chi connectivity index (χ0n) is 14.6. The first kappa shape index (κ1) is 16.1. The van der Waals surface area contributed by atoms with Crippen LogP contribution in [0.5, 0.6) is 0 Å². The Labute approximate surface area is 149 Å². The highest BCUT2D eigenvalue weighted by Crippen LogP contribution is 2.26. The van der Waals surface area contributed by atoms with Gasteiger partial charge in [0.25, 0.3) is 0 Å². The van der Waals surface area contributed by atoms with Crippen molar-refractivity contribution in [2.75, 3.05) is 0 Å². The fraction of sp³-hybridized carbons (Fsp3) is 0.263. The third kappa shape index (κ3) is 2.30. The van der Waals surface area contributed by atoms with Crippen molar-refractivity contribution in [1.29, 1.82) is 5.26 Å². The van der Waals surface area contributed by atoms with Crippen LogP contribution in [0.4, 0.5) is 0 Å². The molecule has 7 heteroatoms. The zero-order valence-corrected chi connectivity index (χ0v) is 14.6. The highest BCUT2D eigenvalue weighted by molar-refractivity contribution is 5.92. The van der Waals surface area contributed by atoms with Gasteiger partial charge in [-0.15, -0.1) is 0 Å². The second kappa shape index (κ2) is 5.85. The minimum absolute atomic E-state index is 0.337. The smallest absolute Gasteiger partial charge is 0.224 e. The largest absolute Gasteiger partial charge is 0.369 e. The predicted molar refractivity (Wildman–Crippen MR) is 97.9 cm³/mol. The summed E-state index contributed by atoms with van der Waals surface area (Å²) in [5, 5.41) is 16.9. The summed E-state index contributed by atoms with van der Waals surface area (Å²) in [7, 11) is 0. The van der Waals surface area contributed by atoms with E-state index in [0.29, 0.717) is 24.2 Å². The molecular weight excluding hydrogens is 328 g/mol. The van der Waals surface area contributed by atoms with Gasteiger partial charge < -0.3 is 10.7 Å². The molecule has 0 spiro atoms. The number of nitriles is 1. The Morgan fingerprint density at radius 1 is 1.54 bits per heavy atom. The third-order valence-electron chi connectivity index (χ3n) is 4.78. The van der Waals surface area contributed by atoms with Crippen molar-refractivity contribution in [3.8, 4) is 17.5 Å². The van der Waals surface area contributed by atoms with Crippen LogP contribution in [0.15, 0.2) is 12.3 Å². The number of aromatic nitrogens is 4. The Balaban J connectivity index is 2.02. The lowest BCUT2D eigenvalue weighted by molar-refractivity contribution is -0.119. The van der Waals surface area contributed by atoms with Gasteiger partial charge in [-0.1, -0.05) is 12.2 Å². The summed E-state index contributed by atoms with van der Waals surface area (Å²) < 4.78 is 1.84. The molecule has 0 saturated carbocycles. The van der Waals surface area contributed by atoms with E-state index in [-0.39, 0.29) is 11.8 Å². The minimum Gasteiger partial charge on any atom is -0.369 e. The number of nitrogens with two attached hydrogens (primary N) is 1. The van der Waals surface area contributed by atoms with E-state index in [2.05, 4.69) is 21.1 Å². The van der Waals surface area contributed by atoms with E-state index in [4.69, 9.17) is 5.73 Å². The second-order valence-electron chi connectivity index (χ2n) is 6.44. The molecular formula is C19H18N6O. The molecule has 0 aliphatic heterocycles. The standard InChI is InChI=1S/C19H18N6O/c1-3-25-16(6-10(2)24-25)18-13(8-20)17-14(9-22-18)12-7-11(19(21)26)4-5-15(12)23-17/h5-7,9,11,23H,3-4H2,1-2H3,(H2,21,26). The van der Waals surface area contributed by atoms with Crippen molar-refractivity contribution in [3.63, 3.8) is 0 Å². The van der Waals surface area contributed by atoms with Gasteiger partial charge in [0.1, 0.15) is 17.3 Å². The lowest BCUT2D eigenvalue weighted by Gasteiger charge is -2.08. The molecule has 1 amide bonds. The summed E-state index contributed by atoms with van der Waals surface area (Å²) in [6, 6.07) is 4.22. The average molecular weight is 346 g/mol. The first-order valence-corrected chi connectivity index (χ1v) is 8.50. The maximum atomic E-state index is 11.5. The first-order chi connectivity index (χ1) is 12.5. The van der Waals surface area contributed by atoms with Crippen LogP contribution < -0.4 is 16.3 Å². The zero-order chi connectivity index (χ0) is 18.4. The topological polar surface area (TPSA) is 113 Å². The SMILES string of the molecule is CCn1nc(C)cc1-c1ncc2c3c([nH]c2c1C#N)=CCC(C(N)=O)C=3. The Bertz CT molecular complexity index is 1210. The van der Waals surface area contributed by atoms with Crippen LogP contribution in [0.1, 0.15) is 24.6 Å². The van der Waals surface area contributed by atoms with Crippen LogP contribution in [-0.2, 0) is 11.3 Å². The number of H-pyrrole nitrogens is 1. The Morgan fingerprint density at radius 3 is 3.04 bits per heavy atom. The number of carbonyl (C=O) groups is 1. The summed E-state index contributed by atoms with van der Waals surface area (Å²) in [5.41, 5.74) is 8.95. The lowest BCUT2D eigenvalue weighted by atomic mass is 9.98. The molecule has 3 heterocycles. The average Bonchev–Trinajstić information content (AvgIpc) is 3.19. The van der Waals surface area contributed by atoms with Crippen molar-refractivity contribution >= 4 is 29.0 Å². The van der Waals surface area contributed by atoms with E-state index in [1.807, 2.05) is 36.7 Å². The minimum atomic E-state index is -0.353. The lowest BCUT2D eigenvalue weighted by Crippen LogP contribution is -2.32. The molecule has 1 unspecified atom stereocenters. The molecule has 0 radical (unpaired) electrons. The van der Waals surface area contributed by atoms with E-state index in [9.17, 15) is 10.1 Å². The maximum absolute atomic E-state index is 11.5. The highest BCUT2D eigenvalue weighted by atomic mass is 16.1. The van der Waals surface area contributed by atoms with Crippen molar-refractivity contribution in [2.24, 2.45) is 11.7 Å². The molecule has 7 nitrogen and oxygen atoms in total. The second-order valence-corrected chi connectivity index (χ2v) is 6.44. The molecule has 0 saturated heterocycles. The van der Waals surface area contributed by atoms with Crippen LogP contribution in [0, 0.1) is 24.2 Å². The number of nitrogens with zero attached hydrogens (tertiary/aromatic N) is 4. The van der Waals surface area contributed by atoms with Gasteiger partial charge in [0.15, 0.2) is 0 Å². The van der Waals surface area contributed by atoms with Crippen LogP contribution in [0.3, 0.4) is 0 Å². The fourth-order valence-electron chi connectivity index (χ4n) is 3.53. The monoisotopic (exact) mass is 346 g/mol. The van der Waals surface area contributed by atoms with E-state index in [1.165, 1.54) is 0 Å².